The number of carboxylic acid groups (broad SMARTS) is 1. The molecule has 2 amide bonds. The van der Waals surface area contributed by atoms with Crippen molar-refractivity contribution < 1.29 is 24.2 Å². The van der Waals surface area contributed by atoms with E-state index < -0.39 is 12.1 Å². The second kappa shape index (κ2) is 10.5. The third kappa shape index (κ3) is 5.14. The van der Waals surface area contributed by atoms with E-state index in [1.807, 2.05) is 31.2 Å². The fraction of sp³-hybridized carbons (Fsp3) is 0.370. The van der Waals surface area contributed by atoms with E-state index in [9.17, 15) is 14.4 Å². The summed E-state index contributed by atoms with van der Waals surface area (Å²) in [5.41, 5.74) is 4.98. The van der Waals surface area contributed by atoms with E-state index in [1.54, 1.807) is 11.0 Å². The molecule has 0 fully saturated rings. The van der Waals surface area contributed by atoms with Gasteiger partial charge < -0.3 is 20.1 Å². The maximum absolute atomic E-state index is 12.7. The van der Waals surface area contributed by atoms with E-state index in [2.05, 4.69) is 29.6 Å². The van der Waals surface area contributed by atoms with E-state index in [0.717, 1.165) is 17.5 Å². The van der Waals surface area contributed by atoms with Crippen molar-refractivity contribution in [2.75, 3.05) is 19.7 Å². The van der Waals surface area contributed by atoms with Crippen LogP contribution in [-0.2, 0) is 14.3 Å². The van der Waals surface area contributed by atoms with Gasteiger partial charge >= 0.3 is 12.1 Å². The van der Waals surface area contributed by atoms with Gasteiger partial charge in [-0.1, -0.05) is 68.0 Å². The third-order valence-corrected chi connectivity index (χ3v) is 6.56. The molecule has 0 spiro atoms. The molecular formula is C27H30N2O5. The number of alkyl carbamates (subject to hydrolysis) is 1. The monoisotopic (exact) mass is 462 g/mol. The van der Waals surface area contributed by atoms with Crippen molar-refractivity contribution in [3.8, 4) is 11.1 Å². The summed E-state index contributed by atoms with van der Waals surface area (Å²) in [5, 5.41) is 12.0. The molecule has 7 nitrogen and oxygen atoms in total. The zero-order valence-corrected chi connectivity index (χ0v) is 19.3. The summed E-state index contributed by atoms with van der Waals surface area (Å²) in [6, 6.07) is 16.0. The lowest BCUT2D eigenvalue weighted by Gasteiger charge is -2.27. The Hall–Kier alpha value is -3.61. The molecule has 2 aromatic carbocycles. The number of carbonyl (C=O) groups is 3. The van der Waals surface area contributed by atoms with Gasteiger partial charge in [-0.15, -0.1) is 0 Å². The number of nitrogens with zero attached hydrogens (tertiary/aromatic N) is 1. The Morgan fingerprint density at radius 2 is 1.74 bits per heavy atom. The summed E-state index contributed by atoms with van der Waals surface area (Å²) < 4.78 is 5.63. The minimum atomic E-state index is -0.937. The maximum atomic E-state index is 12.7. The van der Waals surface area contributed by atoms with Gasteiger partial charge in [-0.3, -0.25) is 4.79 Å². The van der Waals surface area contributed by atoms with Crippen LogP contribution in [0.15, 0.2) is 60.2 Å². The van der Waals surface area contributed by atoms with Crippen molar-refractivity contribution in [2.45, 2.75) is 44.6 Å². The number of hydrogen-bond donors (Lipinski definition) is 2. The molecule has 0 saturated carbocycles. The molecule has 0 radical (unpaired) electrons. The standard InChI is InChI=1S/C27H30N2O5/c1-2-7-19(16-25(30)29-14-12-18(13-15-29)26(31)32)28-27(33)34-17-24-22-10-5-3-8-20(22)21-9-4-6-11-23(21)24/h3-6,8-12,19,24H,2,7,13-17H2,1H3,(H,28,33)(H,31,32)/t19-/m0/s1. The molecule has 2 aliphatic rings. The smallest absolute Gasteiger partial charge is 0.407 e. The molecule has 1 aliphatic carbocycles. The second-order valence-corrected chi connectivity index (χ2v) is 8.78. The quantitative estimate of drug-likeness (QED) is 0.609. The van der Waals surface area contributed by atoms with Gasteiger partial charge in [0, 0.05) is 37.0 Å². The minimum absolute atomic E-state index is 0.0204. The zero-order chi connectivity index (χ0) is 24.1. The molecule has 1 aliphatic heterocycles. The first kappa shape index (κ1) is 23.5. The highest BCUT2D eigenvalue weighted by Crippen LogP contribution is 2.44. The summed E-state index contributed by atoms with van der Waals surface area (Å²) in [6.07, 6.45) is 3.01. The largest absolute Gasteiger partial charge is 0.478 e. The highest BCUT2D eigenvalue weighted by molar-refractivity contribution is 5.87. The lowest BCUT2D eigenvalue weighted by atomic mass is 9.98. The Morgan fingerprint density at radius 3 is 2.29 bits per heavy atom. The number of aliphatic carboxylic acids is 1. The molecule has 2 N–H and O–H groups in total. The molecule has 0 bridgehead atoms. The SMILES string of the molecule is CCC[C@@H](CC(=O)N1CC=C(C(=O)O)CC1)NC(=O)OCC1c2ccccc2-c2ccccc21. The van der Waals surface area contributed by atoms with Crippen LogP contribution < -0.4 is 5.32 Å². The number of amides is 2. The van der Waals surface area contributed by atoms with Crippen LogP contribution in [0.1, 0.15) is 49.7 Å². The number of benzene rings is 2. The van der Waals surface area contributed by atoms with Crippen LogP contribution in [-0.4, -0.2) is 53.7 Å². The number of hydrogen-bond acceptors (Lipinski definition) is 4. The number of fused-ring (bicyclic) bond motifs is 3. The van der Waals surface area contributed by atoms with E-state index in [4.69, 9.17) is 9.84 Å². The molecule has 0 aromatic heterocycles. The van der Waals surface area contributed by atoms with Gasteiger partial charge in [0.25, 0.3) is 0 Å². The third-order valence-electron chi connectivity index (χ3n) is 6.56. The Kier molecular flexibility index (Phi) is 7.30. The maximum Gasteiger partial charge on any atom is 0.407 e. The van der Waals surface area contributed by atoms with Gasteiger partial charge in [0.2, 0.25) is 5.91 Å². The van der Waals surface area contributed by atoms with Gasteiger partial charge in [-0.2, -0.15) is 0 Å². The summed E-state index contributed by atoms with van der Waals surface area (Å²) in [4.78, 5) is 38.1. The predicted molar refractivity (Wildman–Crippen MR) is 128 cm³/mol. The van der Waals surface area contributed by atoms with E-state index >= 15 is 0 Å². The van der Waals surface area contributed by atoms with Crippen molar-refractivity contribution in [3.05, 3.63) is 71.3 Å². The molecular weight excluding hydrogens is 432 g/mol. The number of carbonyl (C=O) groups excluding carboxylic acids is 2. The lowest BCUT2D eigenvalue weighted by molar-refractivity contribution is -0.135. The number of ether oxygens (including phenoxy) is 1. The van der Waals surface area contributed by atoms with Crippen LogP contribution in [0.5, 0.6) is 0 Å². The topological polar surface area (TPSA) is 95.9 Å². The molecule has 1 atom stereocenters. The van der Waals surface area contributed by atoms with Crippen LogP contribution in [0, 0.1) is 0 Å². The molecule has 0 unspecified atom stereocenters. The van der Waals surface area contributed by atoms with Crippen molar-refractivity contribution in [2.24, 2.45) is 0 Å². The van der Waals surface area contributed by atoms with Gasteiger partial charge in [0.15, 0.2) is 0 Å². The molecule has 2 aromatic rings. The summed E-state index contributed by atoms with van der Waals surface area (Å²) in [7, 11) is 0. The Balaban J connectivity index is 1.34. The van der Waals surface area contributed by atoms with Gasteiger partial charge in [-0.25, -0.2) is 9.59 Å². The van der Waals surface area contributed by atoms with Crippen LogP contribution in [0.3, 0.4) is 0 Å². The van der Waals surface area contributed by atoms with Gasteiger partial charge in [0.05, 0.1) is 0 Å². The molecule has 0 saturated heterocycles. The van der Waals surface area contributed by atoms with Crippen LogP contribution >= 0.6 is 0 Å². The summed E-state index contributed by atoms with van der Waals surface area (Å²) in [5.74, 6) is -1.06. The minimum Gasteiger partial charge on any atom is -0.478 e. The molecule has 7 heteroatoms. The Labute approximate surface area is 199 Å². The fourth-order valence-electron chi connectivity index (χ4n) is 4.81. The molecule has 4 rings (SSSR count). The van der Waals surface area contributed by atoms with Crippen molar-refractivity contribution in [1.82, 2.24) is 10.2 Å². The number of rotatable bonds is 8. The average Bonchev–Trinajstić information content (AvgIpc) is 3.16. The first-order valence-corrected chi connectivity index (χ1v) is 11.8. The van der Waals surface area contributed by atoms with E-state index in [1.165, 1.54) is 11.1 Å². The molecule has 178 valence electrons. The summed E-state index contributed by atoms with van der Waals surface area (Å²) >= 11 is 0. The Morgan fingerprint density at radius 1 is 1.09 bits per heavy atom. The van der Waals surface area contributed by atoms with Crippen LogP contribution in [0.4, 0.5) is 4.79 Å². The van der Waals surface area contributed by atoms with E-state index in [0.29, 0.717) is 25.0 Å². The van der Waals surface area contributed by atoms with Crippen molar-refractivity contribution in [3.63, 3.8) is 0 Å². The molecule has 1 heterocycles. The van der Waals surface area contributed by atoms with Crippen LogP contribution in [0.25, 0.3) is 11.1 Å². The summed E-state index contributed by atoms with van der Waals surface area (Å²) in [6.45, 7) is 2.88. The Bertz CT molecular complexity index is 1060. The lowest BCUT2D eigenvalue weighted by Crippen LogP contribution is -2.42. The normalized spacial score (nSPS) is 15.7. The van der Waals surface area contributed by atoms with Gasteiger partial charge in [0.1, 0.15) is 6.61 Å². The van der Waals surface area contributed by atoms with Crippen molar-refractivity contribution in [1.29, 1.82) is 0 Å². The number of nitrogens with one attached hydrogen (secondary N) is 1. The highest BCUT2D eigenvalue weighted by Gasteiger charge is 2.29. The van der Waals surface area contributed by atoms with Crippen molar-refractivity contribution >= 4 is 18.0 Å². The molecule has 34 heavy (non-hydrogen) atoms. The fourth-order valence-corrected chi connectivity index (χ4v) is 4.81. The zero-order valence-electron chi connectivity index (χ0n) is 19.3. The predicted octanol–water partition coefficient (Wildman–Crippen LogP) is 4.33. The van der Waals surface area contributed by atoms with E-state index in [-0.39, 0.29) is 37.4 Å². The number of carboxylic acids is 1. The first-order valence-electron chi connectivity index (χ1n) is 11.8. The van der Waals surface area contributed by atoms with Gasteiger partial charge in [-0.05, 0) is 35.1 Å². The first-order chi connectivity index (χ1) is 16.5. The van der Waals surface area contributed by atoms with Crippen LogP contribution in [0.2, 0.25) is 0 Å². The second-order valence-electron chi connectivity index (χ2n) is 8.78. The highest BCUT2D eigenvalue weighted by atomic mass is 16.5. The average molecular weight is 463 g/mol.